The number of para-hydroxylation sites is 2. The molecule has 1 fully saturated rings. The van der Waals surface area contributed by atoms with Crippen LogP contribution < -0.4 is 15.0 Å². The molecule has 2 aromatic heterocycles. The lowest BCUT2D eigenvalue weighted by Gasteiger charge is -2.32. The van der Waals surface area contributed by atoms with Crippen LogP contribution in [0.5, 0.6) is 17.5 Å². The molecular weight excluding hydrogens is 438 g/mol. The van der Waals surface area contributed by atoms with Crippen LogP contribution in [-0.4, -0.2) is 63.2 Å². The number of piperazine rings is 1. The fourth-order valence-corrected chi connectivity index (χ4v) is 4.27. The van der Waals surface area contributed by atoms with Gasteiger partial charge in [-0.2, -0.15) is 15.0 Å². The zero-order chi connectivity index (χ0) is 22.6. The van der Waals surface area contributed by atoms with E-state index in [0.29, 0.717) is 22.8 Å². The quantitative estimate of drug-likeness (QED) is 0.441. The molecule has 3 heterocycles. The van der Waals surface area contributed by atoms with Crippen LogP contribution in [0, 0.1) is 0 Å². The van der Waals surface area contributed by atoms with Gasteiger partial charge < -0.3 is 19.6 Å². The second-order valence-corrected chi connectivity index (χ2v) is 8.65. The van der Waals surface area contributed by atoms with E-state index in [1.165, 1.54) is 11.3 Å². The number of aromatic hydroxyl groups is 1. The van der Waals surface area contributed by atoms with Crippen molar-refractivity contribution in [3.05, 3.63) is 60.8 Å². The number of rotatable bonds is 6. The number of phenolic OH excluding ortho intramolecular Hbond substituents is 1. The molecule has 0 aliphatic carbocycles. The maximum absolute atomic E-state index is 10.1. The van der Waals surface area contributed by atoms with Gasteiger partial charge in [0.25, 0.3) is 0 Å². The van der Waals surface area contributed by atoms with Crippen molar-refractivity contribution in [2.45, 2.75) is 0 Å². The Morgan fingerprint density at radius 1 is 0.939 bits per heavy atom. The first-order valence-corrected chi connectivity index (χ1v) is 11.4. The molecule has 0 atom stereocenters. The number of nitrogens with one attached hydrogen (secondary N) is 1. The average Bonchev–Trinajstić information content (AvgIpc) is 3.28. The lowest BCUT2D eigenvalue weighted by molar-refractivity contribution is 0.310. The molecule has 0 unspecified atom stereocenters. The number of anilines is 3. The molecule has 4 aromatic rings. The second kappa shape index (κ2) is 9.39. The first kappa shape index (κ1) is 21.1. The summed E-state index contributed by atoms with van der Waals surface area (Å²) in [6.07, 6.45) is 1.71. The first-order chi connectivity index (χ1) is 16.1. The summed E-state index contributed by atoms with van der Waals surface area (Å²) >= 11 is 1.40. The molecule has 0 amide bonds. The number of thiazole rings is 1. The van der Waals surface area contributed by atoms with Gasteiger partial charge in [0.1, 0.15) is 11.5 Å². The van der Waals surface area contributed by atoms with Gasteiger partial charge in [0.05, 0.1) is 4.88 Å². The minimum absolute atomic E-state index is 0.212. The highest BCUT2D eigenvalue weighted by atomic mass is 32.1. The molecule has 1 saturated heterocycles. The maximum atomic E-state index is 10.1. The van der Waals surface area contributed by atoms with Crippen molar-refractivity contribution in [3.8, 4) is 28.0 Å². The van der Waals surface area contributed by atoms with E-state index in [0.717, 1.165) is 36.6 Å². The number of benzene rings is 2. The fourth-order valence-electron chi connectivity index (χ4n) is 3.42. The molecule has 0 bridgehead atoms. The highest BCUT2D eigenvalue weighted by Crippen LogP contribution is 2.35. The Morgan fingerprint density at radius 2 is 1.70 bits per heavy atom. The summed E-state index contributed by atoms with van der Waals surface area (Å²) in [6, 6.07) is 16.8. The van der Waals surface area contributed by atoms with Crippen LogP contribution in [0.3, 0.4) is 0 Å². The van der Waals surface area contributed by atoms with Crippen LogP contribution in [-0.2, 0) is 0 Å². The molecule has 1 aliphatic heterocycles. The molecule has 0 saturated carbocycles. The van der Waals surface area contributed by atoms with Crippen molar-refractivity contribution in [1.82, 2.24) is 24.8 Å². The Hall–Kier alpha value is -3.76. The van der Waals surface area contributed by atoms with Crippen molar-refractivity contribution in [2.24, 2.45) is 0 Å². The molecule has 5 rings (SSSR count). The van der Waals surface area contributed by atoms with E-state index in [1.807, 2.05) is 42.5 Å². The van der Waals surface area contributed by atoms with E-state index in [9.17, 15) is 5.11 Å². The third kappa shape index (κ3) is 5.02. The third-order valence-electron chi connectivity index (χ3n) is 5.24. The first-order valence-electron chi connectivity index (χ1n) is 10.6. The van der Waals surface area contributed by atoms with Gasteiger partial charge >= 0.3 is 6.01 Å². The van der Waals surface area contributed by atoms with Gasteiger partial charge in [-0.05, 0) is 31.3 Å². The van der Waals surface area contributed by atoms with Crippen molar-refractivity contribution in [3.63, 3.8) is 0 Å². The fraction of sp³-hybridized carbons (Fsp3) is 0.217. The second-order valence-electron chi connectivity index (χ2n) is 7.62. The molecule has 2 N–H and O–H groups in total. The molecule has 168 valence electrons. The smallest absolute Gasteiger partial charge is 0.328 e. The molecule has 9 nitrogen and oxygen atoms in total. The third-order valence-corrected chi connectivity index (χ3v) is 6.18. The zero-order valence-corrected chi connectivity index (χ0v) is 18.9. The summed E-state index contributed by atoms with van der Waals surface area (Å²) in [6.45, 7) is 3.50. The van der Waals surface area contributed by atoms with E-state index in [1.54, 1.807) is 18.3 Å². The van der Waals surface area contributed by atoms with Crippen molar-refractivity contribution < 1.29 is 9.84 Å². The van der Waals surface area contributed by atoms with Crippen LogP contribution in [0.2, 0.25) is 0 Å². The normalized spacial score (nSPS) is 14.3. The van der Waals surface area contributed by atoms with Gasteiger partial charge in [0.15, 0.2) is 5.13 Å². The van der Waals surface area contributed by atoms with Gasteiger partial charge in [-0.15, -0.1) is 0 Å². The Balaban J connectivity index is 1.43. The van der Waals surface area contributed by atoms with Crippen molar-refractivity contribution in [2.75, 3.05) is 43.4 Å². The van der Waals surface area contributed by atoms with Crippen molar-refractivity contribution in [1.29, 1.82) is 0 Å². The van der Waals surface area contributed by atoms with Gasteiger partial charge in [-0.1, -0.05) is 41.7 Å². The summed E-state index contributed by atoms with van der Waals surface area (Å²) in [5.41, 5.74) is 0.727. The zero-order valence-electron chi connectivity index (χ0n) is 18.0. The summed E-state index contributed by atoms with van der Waals surface area (Å²) < 4.78 is 5.91. The number of nitrogens with zero attached hydrogens (tertiary/aromatic N) is 6. The van der Waals surface area contributed by atoms with Crippen LogP contribution in [0.4, 0.5) is 17.0 Å². The van der Waals surface area contributed by atoms with E-state index >= 15 is 0 Å². The number of ether oxygens (including phenoxy) is 1. The molecule has 2 aromatic carbocycles. The Bertz CT molecular complexity index is 1230. The van der Waals surface area contributed by atoms with E-state index in [4.69, 9.17) is 4.74 Å². The predicted octanol–water partition coefficient (Wildman–Crippen LogP) is 3.99. The van der Waals surface area contributed by atoms with Crippen LogP contribution in [0.15, 0.2) is 60.8 Å². The summed E-state index contributed by atoms with van der Waals surface area (Å²) in [7, 11) is 2.10. The highest BCUT2D eigenvalue weighted by molar-refractivity contribution is 7.19. The summed E-state index contributed by atoms with van der Waals surface area (Å²) in [5, 5.41) is 13.9. The number of phenols is 1. The topological polar surface area (TPSA) is 99.5 Å². The average molecular weight is 462 g/mol. The molecule has 33 heavy (non-hydrogen) atoms. The Kier molecular flexibility index (Phi) is 6.01. The van der Waals surface area contributed by atoms with E-state index < -0.39 is 0 Å². The largest absolute Gasteiger partial charge is 0.507 e. The van der Waals surface area contributed by atoms with Gasteiger partial charge in [-0.25, -0.2) is 4.98 Å². The van der Waals surface area contributed by atoms with Crippen LogP contribution >= 0.6 is 11.3 Å². The Labute approximate surface area is 195 Å². The number of likely N-dealkylation sites (N-methyl/N-ethyl adjacent to an activating group) is 1. The lowest BCUT2D eigenvalue weighted by Crippen LogP contribution is -2.45. The Morgan fingerprint density at radius 3 is 2.48 bits per heavy atom. The number of aromatic nitrogens is 4. The summed E-state index contributed by atoms with van der Waals surface area (Å²) in [4.78, 5) is 23.3. The number of hydrogen-bond acceptors (Lipinski definition) is 10. The highest BCUT2D eigenvalue weighted by Gasteiger charge is 2.20. The van der Waals surface area contributed by atoms with Gasteiger partial charge in [0.2, 0.25) is 11.9 Å². The summed E-state index contributed by atoms with van der Waals surface area (Å²) in [5.74, 6) is 1.77. The standard InChI is InChI=1S/C23H23N7O2S/c1-29-11-13-30(14-12-29)21-25-20(26-22(28-21)32-16-7-3-2-4-8-16)27-23-24-15-19(33-23)17-9-5-6-10-18(17)31/h2-10,15,31H,11-14H2,1H3,(H,24,25,26,27,28). The van der Waals surface area contributed by atoms with Crippen LogP contribution in [0.25, 0.3) is 10.4 Å². The number of hydrogen-bond donors (Lipinski definition) is 2. The van der Waals surface area contributed by atoms with E-state index in [2.05, 4.69) is 42.1 Å². The SMILES string of the molecule is CN1CCN(c2nc(Nc3ncc(-c4ccccc4O)s3)nc(Oc3ccccc3)n2)CC1. The van der Waals surface area contributed by atoms with Gasteiger partial charge in [0, 0.05) is 37.9 Å². The maximum Gasteiger partial charge on any atom is 0.328 e. The molecule has 10 heteroatoms. The van der Waals surface area contributed by atoms with E-state index in [-0.39, 0.29) is 11.8 Å². The van der Waals surface area contributed by atoms with Crippen LogP contribution in [0.1, 0.15) is 0 Å². The lowest BCUT2D eigenvalue weighted by atomic mass is 10.2. The molecule has 0 spiro atoms. The van der Waals surface area contributed by atoms with Crippen molar-refractivity contribution >= 4 is 28.4 Å². The monoisotopic (exact) mass is 461 g/mol. The minimum Gasteiger partial charge on any atom is -0.507 e. The van der Waals surface area contributed by atoms with Gasteiger partial charge in [-0.3, -0.25) is 5.32 Å². The molecule has 1 aliphatic rings. The minimum atomic E-state index is 0.212. The molecular formula is C23H23N7O2S. The predicted molar refractivity (Wildman–Crippen MR) is 129 cm³/mol. The molecule has 0 radical (unpaired) electrons.